The largest absolute Gasteiger partial charge is 0.477 e. The normalized spacial score (nSPS) is 13.9. The zero-order valence-corrected chi connectivity index (χ0v) is 38.5. The Morgan fingerprint density at radius 2 is 1.06 bits per heavy atom. The third-order valence-electron chi connectivity index (χ3n) is 11.5. The quantitative estimate of drug-likeness (QED) is 0.0827. The molecular weight excluding hydrogens is 809 g/mol. The molecule has 12 nitrogen and oxygen atoms in total. The highest BCUT2D eigenvalue weighted by Crippen LogP contribution is 2.41. The Hall–Kier alpha value is -6.30. The maximum atomic E-state index is 12.9. The molecule has 64 heavy (non-hydrogen) atoms. The molecule has 12 heteroatoms. The Morgan fingerprint density at radius 3 is 1.44 bits per heavy atom. The minimum absolute atomic E-state index is 0.290. The molecule has 2 aliphatic carbocycles. The molecule has 0 amide bonds. The topological polar surface area (TPSA) is 152 Å². The van der Waals surface area contributed by atoms with Gasteiger partial charge in [0.1, 0.15) is 17.0 Å². The van der Waals surface area contributed by atoms with Crippen LogP contribution in [0.4, 0.5) is 0 Å². The van der Waals surface area contributed by atoms with Gasteiger partial charge in [-0.15, -0.1) is 0 Å². The van der Waals surface area contributed by atoms with Crippen LogP contribution < -0.4 is 0 Å². The van der Waals surface area contributed by atoms with Crippen LogP contribution in [0.3, 0.4) is 0 Å². The van der Waals surface area contributed by atoms with Crippen LogP contribution in [0.5, 0.6) is 0 Å². The number of nitrogens with zero attached hydrogens (tertiary/aromatic N) is 4. The summed E-state index contributed by atoms with van der Waals surface area (Å²) in [6, 6.07) is 19.5. The molecule has 0 atom stereocenters. The minimum atomic E-state index is -0.932. The number of rotatable bonds is 14. The monoisotopic (exact) mass is 868 g/mol. The number of aromatic nitrogens is 4. The summed E-state index contributed by atoms with van der Waals surface area (Å²) in [5, 5.41) is 11.4. The summed E-state index contributed by atoms with van der Waals surface area (Å²) in [5.41, 5.74) is 8.75. The second-order valence-electron chi connectivity index (χ2n) is 19.1. The second kappa shape index (κ2) is 18.8. The van der Waals surface area contributed by atoms with E-state index >= 15 is 0 Å². The van der Waals surface area contributed by atoms with Gasteiger partial charge < -0.3 is 28.5 Å². The molecule has 0 spiro atoms. The number of pyridine rings is 2. The number of hydrogen-bond donors (Lipinski definition) is 1. The van der Waals surface area contributed by atoms with Gasteiger partial charge in [0.2, 0.25) is 0 Å². The SMILES string of the molecule is COC(=O)c1cc(C2CC2)cnc1Cc1ccc2c(c1)cc(C(=O)O)n2CC(C)C.COC(=O)c1cc(C2CC2)cnc1Cc1ccc2c(c1)cc(C(=O)OC(C)(C)C)n2CC(C)C. The minimum Gasteiger partial charge on any atom is -0.477 e. The van der Waals surface area contributed by atoms with Gasteiger partial charge in [-0.05, 0) is 141 Å². The Labute approximate surface area is 375 Å². The van der Waals surface area contributed by atoms with E-state index in [9.17, 15) is 24.3 Å². The third kappa shape index (κ3) is 10.7. The van der Waals surface area contributed by atoms with E-state index in [-0.39, 0.29) is 23.6 Å². The van der Waals surface area contributed by atoms with Gasteiger partial charge >= 0.3 is 23.9 Å². The van der Waals surface area contributed by atoms with E-state index in [0.717, 1.165) is 69.7 Å². The summed E-state index contributed by atoms with van der Waals surface area (Å²) >= 11 is 0. The number of carbonyl (C=O) groups is 4. The molecule has 8 rings (SSSR count). The van der Waals surface area contributed by atoms with Crippen LogP contribution in [0.2, 0.25) is 0 Å². The van der Waals surface area contributed by atoms with Crippen molar-refractivity contribution in [3.8, 4) is 0 Å². The van der Waals surface area contributed by atoms with Crippen molar-refractivity contribution in [1.82, 2.24) is 19.1 Å². The van der Waals surface area contributed by atoms with E-state index in [0.29, 0.717) is 77.8 Å². The maximum Gasteiger partial charge on any atom is 0.355 e. The molecule has 6 aromatic rings. The molecule has 4 aromatic heterocycles. The highest BCUT2D eigenvalue weighted by atomic mass is 16.6. The summed E-state index contributed by atoms with van der Waals surface area (Å²) in [5.74, 6) is -0.285. The van der Waals surface area contributed by atoms with Crippen molar-refractivity contribution in [1.29, 1.82) is 0 Å². The first kappa shape index (κ1) is 45.7. The molecule has 2 aliphatic rings. The smallest absolute Gasteiger partial charge is 0.355 e. The van der Waals surface area contributed by atoms with Crippen LogP contribution in [-0.4, -0.2) is 67.9 Å². The molecule has 2 saturated carbocycles. The molecule has 336 valence electrons. The number of carboxylic acids is 1. The van der Waals surface area contributed by atoms with Gasteiger partial charge in [-0.1, -0.05) is 39.8 Å². The van der Waals surface area contributed by atoms with E-state index < -0.39 is 11.6 Å². The zero-order valence-electron chi connectivity index (χ0n) is 38.5. The number of aromatic carboxylic acids is 1. The van der Waals surface area contributed by atoms with Gasteiger partial charge in [0.05, 0.1) is 36.7 Å². The molecule has 2 aromatic carbocycles. The van der Waals surface area contributed by atoms with Gasteiger partial charge in [-0.25, -0.2) is 19.2 Å². The Balaban J connectivity index is 0.000000193. The van der Waals surface area contributed by atoms with Gasteiger partial charge in [0, 0.05) is 60.1 Å². The van der Waals surface area contributed by atoms with Crippen LogP contribution in [0.1, 0.15) is 161 Å². The number of methoxy groups -OCH3 is 2. The second-order valence-corrected chi connectivity index (χ2v) is 19.1. The van der Waals surface area contributed by atoms with Gasteiger partial charge in [0.25, 0.3) is 0 Å². The predicted molar refractivity (Wildman–Crippen MR) is 246 cm³/mol. The first-order valence-corrected chi connectivity index (χ1v) is 22.3. The van der Waals surface area contributed by atoms with Crippen molar-refractivity contribution in [3.05, 3.63) is 129 Å². The molecular formula is C52H60N4O8. The molecule has 0 radical (unpaired) electrons. The van der Waals surface area contributed by atoms with Crippen molar-refractivity contribution in [2.75, 3.05) is 14.2 Å². The summed E-state index contributed by atoms with van der Waals surface area (Å²) in [4.78, 5) is 58.7. The summed E-state index contributed by atoms with van der Waals surface area (Å²) in [7, 11) is 2.78. The van der Waals surface area contributed by atoms with E-state index in [1.807, 2.05) is 90.8 Å². The number of ether oxygens (including phenoxy) is 3. The van der Waals surface area contributed by atoms with E-state index in [1.165, 1.54) is 14.2 Å². The first-order chi connectivity index (χ1) is 30.4. The lowest BCUT2D eigenvalue weighted by Gasteiger charge is -2.20. The lowest BCUT2D eigenvalue weighted by Crippen LogP contribution is -2.25. The van der Waals surface area contributed by atoms with Crippen molar-refractivity contribution in [3.63, 3.8) is 0 Å². The lowest BCUT2D eigenvalue weighted by molar-refractivity contribution is 0.00569. The van der Waals surface area contributed by atoms with Gasteiger partial charge in [-0.3, -0.25) is 9.97 Å². The van der Waals surface area contributed by atoms with Crippen molar-refractivity contribution < 1.29 is 38.5 Å². The number of hydrogen-bond acceptors (Lipinski definition) is 9. The van der Waals surface area contributed by atoms with Crippen molar-refractivity contribution >= 4 is 45.7 Å². The first-order valence-electron chi connectivity index (χ1n) is 22.3. The van der Waals surface area contributed by atoms with Crippen molar-refractivity contribution in [2.24, 2.45) is 11.8 Å². The Kier molecular flexibility index (Phi) is 13.4. The predicted octanol–water partition coefficient (Wildman–Crippen LogP) is 10.5. The van der Waals surface area contributed by atoms with E-state index in [4.69, 9.17) is 14.2 Å². The van der Waals surface area contributed by atoms with Crippen LogP contribution in [0, 0.1) is 11.8 Å². The molecule has 0 aliphatic heterocycles. The molecule has 4 heterocycles. The highest BCUT2D eigenvalue weighted by Gasteiger charge is 2.28. The number of carbonyl (C=O) groups excluding carboxylic acids is 3. The fourth-order valence-electron chi connectivity index (χ4n) is 8.20. The van der Waals surface area contributed by atoms with Crippen LogP contribution >= 0.6 is 0 Å². The number of benzene rings is 2. The number of esters is 3. The molecule has 0 unspecified atom stereocenters. The van der Waals surface area contributed by atoms with Crippen LogP contribution in [-0.2, 0) is 40.1 Å². The fourth-order valence-corrected chi connectivity index (χ4v) is 8.20. The highest BCUT2D eigenvalue weighted by molar-refractivity contribution is 5.97. The lowest BCUT2D eigenvalue weighted by atomic mass is 10.0. The fraction of sp³-hybridized carbons (Fsp3) is 0.423. The van der Waals surface area contributed by atoms with Crippen LogP contribution in [0.15, 0.2) is 73.1 Å². The maximum absolute atomic E-state index is 12.9. The zero-order chi connectivity index (χ0) is 46.0. The summed E-state index contributed by atoms with van der Waals surface area (Å²) in [6.07, 6.45) is 9.29. The van der Waals surface area contributed by atoms with E-state index in [2.05, 4.69) is 43.7 Å². The Morgan fingerprint density at radius 1 is 0.641 bits per heavy atom. The van der Waals surface area contributed by atoms with Crippen molar-refractivity contribution in [2.45, 2.75) is 118 Å². The molecule has 0 bridgehead atoms. The van der Waals surface area contributed by atoms with Gasteiger partial charge in [0.15, 0.2) is 0 Å². The Bertz CT molecular complexity index is 2730. The van der Waals surface area contributed by atoms with Gasteiger partial charge in [-0.2, -0.15) is 0 Å². The molecule has 2 fully saturated rings. The average molecular weight is 869 g/mol. The summed E-state index contributed by atoms with van der Waals surface area (Å²) in [6.45, 7) is 15.4. The standard InChI is InChI=1S/C28H34N2O4.C24H26N2O4/c1-17(2)16-30-24-10-7-18(11-20(24)14-25(30)27(32)34-28(3,4)5)12-23-22(26(31)33-6)13-21(15-29-23)19-8-9-19;1-14(2)13-26-21-7-4-15(8-17(21)11-22(26)23(27)28)9-20-19(24(29)30-3)10-18(12-25-20)16-5-6-16/h7,10-11,13-15,17,19H,8-9,12,16H2,1-6H3;4,7-8,10-12,14,16H,5-6,9,13H2,1-3H3,(H,27,28). The van der Waals surface area contributed by atoms with E-state index in [1.54, 1.807) is 6.07 Å². The van der Waals surface area contributed by atoms with Crippen LogP contribution in [0.25, 0.3) is 21.8 Å². The molecule has 0 saturated heterocycles. The number of carboxylic acid groups (broad SMARTS) is 1. The number of fused-ring (bicyclic) bond motifs is 2. The average Bonchev–Trinajstić information content (AvgIpc) is 4.19. The third-order valence-corrected chi connectivity index (χ3v) is 11.5. The molecule has 1 N–H and O–H groups in total. The summed E-state index contributed by atoms with van der Waals surface area (Å²) < 4.78 is 19.6.